The fourth-order valence-electron chi connectivity index (χ4n) is 2.17. The van der Waals surface area contributed by atoms with Crippen LogP contribution in [0.25, 0.3) is 11.3 Å². The van der Waals surface area contributed by atoms with E-state index < -0.39 is 5.82 Å². The third-order valence-corrected chi connectivity index (χ3v) is 3.39. The Morgan fingerprint density at radius 2 is 2.29 bits per heavy atom. The lowest BCUT2D eigenvalue weighted by Crippen LogP contribution is -2.05. The van der Waals surface area contributed by atoms with Gasteiger partial charge in [-0.25, -0.2) is 4.39 Å². The van der Waals surface area contributed by atoms with E-state index >= 15 is 0 Å². The van der Waals surface area contributed by atoms with E-state index in [1.807, 2.05) is 6.07 Å². The van der Waals surface area contributed by atoms with E-state index in [4.69, 9.17) is 11.2 Å². The normalized spacial score (nSPS) is 13.5. The summed E-state index contributed by atoms with van der Waals surface area (Å²) >= 11 is 0. The molecule has 0 aliphatic heterocycles. The minimum absolute atomic E-state index is 0.0841. The van der Waals surface area contributed by atoms with Gasteiger partial charge in [0.2, 0.25) is 0 Å². The molecule has 0 N–H and O–H groups in total. The van der Waals surface area contributed by atoms with Gasteiger partial charge in [0.1, 0.15) is 23.2 Å². The molecule has 0 bridgehead atoms. The van der Waals surface area contributed by atoms with E-state index in [-0.39, 0.29) is 22.8 Å². The van der Waals surface area contributed by atoms with Crippen LogP contribution in [0.3, 0.4) is 0 Å². The molecule has 104 valence electrons. The van der Waals surface area contributed by atoms with Crippen molar-refractivity contribution < 1.29 is 9.13 Å². The zero-order chi connectivity index (χ0) is 15.0. The number of aryl methyl sites for hydroxylation is 1. The first-order valence-electron chi connectivity index (χ1n) is 6.54. The second kappa shape index (κ2) is 4.96. The summed E-state index contributed by atoms with van der Waals surface area (Å²) < 4.78 is 21.8. The van der Waals surface area contributed by atoms with Crippen molar-refractivity contribution in [2.24, 2.45) is 7.05 Å². The number of terminal acetylenes is 1. The Kier molecular flexibility index (Phi) is 3.12. The molecule has 0 amide bonds. The number of halogens is 1. The maximum absolute atomic E-state index is 14.6. The monoisotopic (exact) mass is 281 g/mol. The molecule has 1 heterocycles. The Labute approximate surface area is 121 Å². The van der Waals surface area contributed by atoms with Gasteiger partial charge in [0, 0.05) is 19.3 Å². The lowest BCUT2D eigenvalue weighted by molar-refractivity contribution is 0.302. The van der Waals surface area contributed by atoms with Gasteiger partial charge in [-0.3, -0.25) is 4.68 Å². The van der Waals surface area contributed by atoms with Crippen LogP contribution in [-0.4, -0.2) is 15.9 Å². The molecule has 1 aliphatic carbocycles. The van der Waals surface area contributed by atoms with Crippen LogP contribution in [0.2, 0.25) is 0 Å². The van der Waals surface area contributed by atoms with Gasteiger partial charge in [-0.2, -0.15) is 10.4 Å². The number of hydrogen-bond donors (Lipinski definition) is 0. The average Bonchev–Trinajstić information content (AvgIpc) is 3.20. The van der Waals surface area contributed by atoms with Crippen LogP contribution < -0.4 is 4.74 Å². The molecule has 1 saturated carbocycles. The fourth-order valence-corrected chi connectivity index (χ4v) is 2.17. The van der Waals surface area contributed by atoms with Gasteiger partial charge < -0.3 is 4.74 Å². The number of nitrogens with zero attached hydrogens (tertiary/aromatic N) is 3. The number of ether oxygens (including phenoxy) is 1. The summed E-state index contributed by atoms with van der Waals surface area (Å²) in [5.74, 6) is 2.05. The molecular formula is C16H12FN3O. The van der Waals surface area contributed by atoms with E-state index in [1.54, 1.807) is 19.3 Å². The molecule has 0 saturated heterocycles. The molecule has 0 spiro atoms. The van der Waals surface area contributed by atoms with Gasteiger partial charge >= 0.3 is 0 Å². The van der Waals surface area contributed by atoms with Crippen molar-refractivity contribution in [1.82, 2.24) is 9.78 Å². The first kappa shape index (κ1) is 13.2. The molecule has 0 unspecified atom stereocenters. The predicted molar refractivity (Wildman–Crippen MR) is 74.9 cm³/mol. The van der Waals surface area contributed by atoms with Crippen LogP contribution in [0.5, 0.6) is 5.75 Å². The summed E-state index contributed by atoms with van der Waals surface area (Å²) in [7, 11) is 1.68. The van der Waals surface area contributed by atoms with Crippen molar-refractivity contribution in [2.45, 2.75) is 18.9 Å². The fraction of sp³-hybridized carbons (Fsp3) is 0.250. The summed E-state index contributed by atoms with van der Waals surface area (Å²) in [6.07, 6.45) is 8.88. The smallest absolute Gasteiger partial charge is 0.149 e. The van der Waals surface area contributed by atoms with Crippen molar-refractivity contribution in [2.75, 3.05) is 0 Å². The van der Waals surface area contributed by atoms with Gasteiger partial charge in [-0.15, -0.1) is 6.42 Å². The summed E-state index contributed by atoms with van der Waals surface area (Å²) in [4.78, 5) is 0. The Hall–Kier alpha value is -2.79. The molecule has 1 aliphatic rings. The standard InChI is InChI=1S/C16H12FN3O/c1-3-10-8-14(21-11-4-5-11)12(9-18)15(16(10)17)13-6-7-19-20(13)2/h1,6-8,11H,4-5H2,2H3. The SMILES string of the molecule is C#Cc1cc(OC2CC2)c(C#N)c(-c2ccnn2C)c1F. The number of rotatable bonds is 3. The van der Waals surface area contributed by atoms with Gasteiger partial charge in [0.25, 0.3) is 0 Å². The highest BCUT2D eigenvalue weighted by molar-refractivity contribution is 5.74. The highest BCUT2D eigenvalue weighted by Crippen LogP contribution is 2.37. The van der Waals surface area contributed by atoms with Crippen LogP contribution in [0, 0.1) is 29.5 Å². The van der Waals surface area contributed by atoms with E-state index in [1.165, 1.54) is 10.7 Å². The van der Waals surface area contributed by atoms with E-state index in [0.29, 0.717) is 11.4 Å². The van der Waals surface area contributed by atoms with Crippen LogP contribution >= 0.6 is 0 Å². The Bertz CT molecular complexity index is 791. The van der Waals surface area contributed by atoms with Gasteiger partial charge in [-0.05, 0) is 18.9 Å². The number of nitriles is 1. The number of hydrogen-bond acceptors (Lipinski definition) is 3. The van der Waals surface area contributed by atoms with Crippen molar-refractivity contribution in [3.05, 3.63) is 35.3 Å². The third-order valence-electron chi connectivity index (χ3n) is 3.39. The van der Waals surface area contributed by atoms with E-state index in [2.05, 4.69) is 11.0 Å². The molecule has 0 radical (unpaired) electrons. The third kappa shape index (κ3) is 2.23. The molecule has 2 aromatic rings. The Morgan fingerprint density at radius 1 is 1.52 bits per heavy atom. The lowest BCUT2D eigenvalue weighted by atomic mass is 9.99. The predicted octanol–water partition coefficient (Wildman–Crippen LogP) is 2.62. The lowest BCUT2D eigenvalue weighted by Gasteiger charge is -2.13. The molecule has 0 atom stereocenters. The summed E-state index contributed by atoms with van der Waals surface area (Å²) in [6, 6.07) is 5.09. The molecule has 4 nitrogen and oxygen atoms in total. The van der Waals surface area contributed by atoms with Crippen LogP contribution in [-0.2, 0) is 7.05 Å². The molecule has 21 heavy (non-hydrogen) atoms. The average molecular weight is 281 g/mol. The van der Waals surface area contributed by atoms with Gasteiger partial charge in [-0.1, -0.05) is 5.92 Å². The highest BCUT2D eigenvalue weighted by atomic mass is 19.1. The number of benzene rings is 1. The minimum atomic E-state index is -0.596. The first-order valence-corrected chi connectivity index (χ1v) is 6.54. The highest BCUT2D eigenvalue weighted by Gasteiger charge is 2.28. The quantitative estimate of drug-likeness (QED) is 0.813. The van der Waals surface area contributed by atoms with Crippen molar-refractivity contribution in [3.63, 3.8) is 0 Å². The maximum Gasteiger partial charge on any atom is 0.149 e. The summed E-state index contributed by atoms with van der Waals surface area (Å²) in [6.45, 7) is 0. The molecular weight excluding hydrogens is 269 g/mol. The Balaban J connectivity index is 2.27. The largest absolute Gasteiger partial charge is 0.489 e. The van der Waals surface area contributed by atoms with E-state index in [0.717, 1.165) is 12.8 Å². The summed E-state index contributed by atoms with van der Waals surface area (Å²) in [5.41, 5.74) is 0.869. The molecule has 1 aromatic carbocycles. The van der Waals surface area contributed by atoms with Crippen molar-refractivity contribution in [1.29, 1.82) is 5.26 Å². The Morgan fingerprint density at radius 3 is 2.81 bits per heavy atom. The van der Waals surface area contributed by atoms with Crippen molar-refractivity contribution >= 4 is 0 Å². The molecule has 3 rings (SSSR count). The second-order valence-corrected chi connectivity index (χ2v) is 4.90. The van der Waals surface area contributed by atoms with Crippen LogP contribution in [0.1, 0.15) is 24.0 Å². The van der Waals surface area contributed by atoms with Crippen LogP contribution in [0.4, 0.5) is 4.39 Å². The molecule has 1 aromatic heterocycles. The topological polar surface area (TPSA) is 50.8 Å². The molecule has 5 heteroatoms. The van der Waals surface area contributed by atoms with Crippen molar-refractivity contribution in [3.8, 4) is 35.4 Å². The van der Waals surface area contributed by atoms with E-state index in [9.17, 15) is 9.65 Å². The van der Waals surface area contributed by atoms with Gasteiger partial charge in [0.15, 0.2) is 0 Å². The summed E-state index contributed by atoms with van der Waals surface area (Å²) in [5, 5.41) is 13.4. The first-order chi connectivity index (χ1) is 10.2. The second-order valence-electron chi connectivity index (χ2n) is 4.90. The minimum Gasteiger partial charge on any atom is -0.489 e. The molecule has 1 fully saturated rings. The van der Waals surface area contributed by atoms with Gasteiger partial charge in [0.05, 0.1) is 22.9 Å². The zero-order valence-corrected chi connectivity index (χ0v) is 11.4. The zero-order valence-electron chi connectivity index (χ0n) is 11.4. The van der Waals surface area contributed by atoms with Crippen LogP contribution in [0.15, 0.2) is 18.3 Å². The number of aromatic nitrogens is 2. The maximum atomic E-state index is 14.6.